The zero-order valence-electron chi connectivity index (χ0n) is 8.87. The highest BCUT2D eigenvalue weighted by Gasteiger charge is 2.25. The first-order valence-corrected chi connectivity index (χ1v) is 4.95. The van der Waals surface area contributed by atoms with Gasteiger partial charge in [-0.3, -0.25) is 4.79 Å². The maximum absolute atomic E-state index is 11.8. The largest absolute Gasteiger partial charge is 0.341 e. The molecule has 2 rings (SSSR count). The van der Waals surface area contributed by atoms with Crippen LogP contribution in [0.4, 0.5) is 0 Å². The van der Waals surface area contributed by atoms with Crippen molar-refractivity contribution in [2.45, 2.75) is 19.8 Å². The number of aryl methyl sites for hydroxylation is 1. The van der Waals surface area contributed by atoms with Crippen molar-refractivity contribution in [1.29, 1.82) is 0 Å². The summed E-state index contributed by atoms with van der Waals surface area (Å²) in [6.45, 7) is 5.06. The number of hydrogen-bond acceptors (Lipinski definition) is 1. The number of rotatable bonds is 0. The number of likely N-dealkylation sites (N-methyl/N-ethyl adjacent to an activating group) is 1. The molecule has 0 bridgehead atoms. The number of carbonyl (C=O) groups excluding carboxylic acids is 1. The van der Waals surface area contributed by atoms with Crippen LogP contribution in [0.5, 0.6) is 0 Å². The first-order valence-electron chi connectivity index (χ1n) is 4.95. The molecule has 0 N–H and O–H groups in total. The number of fused-ring (bicyclic) bond motifs is 1. The number of amides is 1. The smallest absolute Gasteiger partial charge is 0.253 e. The summed E-state index contributed by atoms with van der Waals surface area (Å²) in [6.07, 6.45) is 0. The van der Waals surface area contributed by atoms with Gasteiger partial charge in [0.25, 0.3) is 5.91 Å². The van der Waals surface area contributed by atoms with E-state index in [1.54, 1.807) is 4.90 Å². The number of nitrogens with zero attached hydrogens (tertiary/aromatic N) is 1. The summed E-state index contributed by atoms with van der Waals surface area (Å²) in [5.41, 5.74) is 3.30. The van der Waals surface area contributed by atoms with Crippen LogP contribution in [0, 0.1) is 6.92 Å². The normalized spacial score (nSPS) is 20.9. The summed E-state index contributed by atoms with van der Waals surface area (Å²) < 4.78 is 0. The van der Waals surface area contributed by atoms with Crippen LogP contribution in [0.25, 0.3) is 0 Å². The van der Waals surface area contributed by atoms with Gasteiger partial charge in [0, 0.05) is 19.2 Å². The van der Waals surface area contributed by atoms with E-state index in [2.05, 4.69) is 19.9 Å². The lowest BCUT2D eigenvalue weighted by Gasteiger charge is -2.29. The average molecular weight is 189 g/mol. The first-order chi connectivity index (χ1) is 6.59. The van der Waals surface area contributed by atoms with Crippen LogP contribution in [0.15, 0.2) is 18.2 Å². The number of benzene rings is 1. The molecule has 0 saturated heterocycles. The Morgan fingerprint density at radius 3 is 2.86 bits per heavy atom. The summed E-state index contributed by atoms with van der Waals surface area (Å²) in [5.74, 6) is 0.602. The summed E-state index contributed by atoms with van der Waals surface area (Å²) in [7, 11) is 1.86. The fourth-order valence-electron chi connectivity index (χ4n) is 2.08. The lowest BCUT2D eigenvalue weighted by atomic mass is 9.90. The Bertz CT molecular complexity index is 384. The molecule has 0 saturated carbocycles. The fourth-order valence-corrected chi connectivity index (χ4v) is 2.08. The Kier molecular flexibility index (Phi) is 2.06. The van der Waals surface area contributed by atoms with Gasteiger partial charge in [-0.2, -0.15) is 0 Å². The van der Waals surface area contributed by atoms with Crippen molar-refractivity contribution < 1.29 is 4.79 Å². The van der Waals surface area contributed by atoms with E-state index in [1.165, 1.54) is 11.1 Å². The topological polar surface area (TPSA) is 20.3 Å². The molecule has 1 aliphatic rings. The second-order valence-corrected chi connectivity index (χ2v) is 4.18. The summed E-state index contributed by atoms with van der Waals surface area (Å²) in [5, 5.41) is 0. The van der Waals surface area contributed by atoms with Gasteiger partial charge < -0.3 is 4.90 Å². The van der Waals surface area contributed by atoms with Gasteiger partial charge in [0.1, 0.15) is 0 Å². The lowest BCUT2D eigenvalue weighted by molar-refractivity contribution is 0.0768. The lowest BCUT2D eigenvalue weighted by Crippen LogP contribution is -2.36. The minimum atomic E-state index is 0.151. The third kappa shape index (κ3) is 1.31. The van der Waals surface area contributed by atoms with Crippen molar-refractivity contribution in [1.82, 2.24) is 4.90 Å². The van der Waals surface area contributed by atoms with Gasteiger partial charge >= 0.3 is 0 Å². The molecule has 0 aliphatic carbocycles. The van der Waals surface area contributed by atoms with E-state index in [0.717, 1.165) is 12.1 Å². The highest BCUT2D eigenvalue weighted by Crippen LogP contribution is 2.27. The predicted octanol–water partition coefficient (Wildman–Crippen LogP) is 2.18. The van der Waals surface area contributed by atoms with Gasteiger partial charge in [0.15, 0.2) is 0 Å². The molecule has 2 nitrogen and oxygen atoms in total. The van der Waals surface area contributed by atoms with Crippen LogP contribution >= 0.6 is 0 Å². The van der Waals surface area contributed by atoms with Crippen molar-refractivity contribution >= 4 is 5.91 Å². The minimum absolute atomic E-state index is 0.151. The third-order valence-corrected chi connectivity index (χ3v) is 2.86. The molecular weight excluding hydrogens is 174 g/mol. The van der Waals surface area contributed by atoms with Crippen LogP contribution in [0.3, 0.4) is 0 Å². The molecule has 0 spiro atoms. The number of hydrogen-bond donors (Lipinski definition) is 0. The minimum Gasteiger partial charge on any atom is -0.341 e. The van der Waals surface area contributed by atoms with E-state index in [0.29, 0.717) is 5.92 Å². The molecule has 2 heteroatoms. The molecule has 1 heterocycles. The summed E-state index contributed by atoms with van der Waals surface area (Å²) in [6, 6.07) is 6.08. The molecule has 0 fully saturated rings. The van der Waals surface area contributed by atoms with Gasteiger partial charge in [-0.25, -0.2) is 0 Å². The Balaban J connectivity index is 2.56. The molecule has 1 amide bonds. The van der Waals surface area contributed by atoms with Gasteiger partial charge in [-0.1, -0.05) is 24.6 Å². The first kappa shape index (κ1) is 9.25. The van der Waals surface area contributed by atoms with Crippen molar-refractivity contribution in [2.24, 2.45) is 0 Å². The summed E-state index contributed by atoms with van der Waals surface area (Å²) in [4.78, 5) is 13.6. The zero-order chi connectivity index (χ0) is 10.3. The van der Waals surface area contributed by atoms with Gasteiger partial charge in [-0.05, 0) is 24.5 Å². The number of carbonyl (C=O) groups is 1. The predicted molar refractivity (Wildman–Crippen MR) is 56.6 cm³/mol. The van der Waals surface area contributed by atoms with Crippen LogP contribution < -0.4 is 0 Å². The molecule has 1 aromatic rings. The molecule has 1 atom stereocenters. The van der Waals surface area contributed by atoms with Crippen molar-refractivity contribution in [3.63, 3.8) is 0 Å². The Morgan fingerprint density at radius 1 is 1.43 bits per heavy atom. The van der Waals surface area contributed by atoms with Crippen LogP contribution in [-0.2, 0) is 0 Å². The molecule has 0 aromatic heterocycles. The van der Waals surface area contributed by atoms with Gasteiger partial charge in [-0.15, -0.1) is 0 Å². The molecule has 1 unspecified atom stereocenters. The maximum atomic E-state index is 11.8. The average Bonchev–Trinajstić information content (AvgIpc) is 2.14. The Hall–Kier alpha value is -1.31. The van der Waals surface area contributed by atoms with Crippen molar-refractivity contribution in [3.8, 4) is 0 Å². The quantitative estimate of drug-likeness (QED) is 0.612. The van der Waals surface area contributed by atoms with Gasteiger partial charge in [0.05, 0.1) is 0 Å². The fraction of sp³-hybridized carbons (Fsp3) is 0.417. The van der Waals surface area contributed by atoms with Crippen LogP contribution in [-0.4, -0.2) is 24.4 Å². The molecule has 0 radical (unpaired) electrons. The van der Waals surface area contributed by atoms with Crippen molar-refractivity contribution in [3.05, 3.63) is 34.9 Å². The van der Waals surface area contributed by atoms with E-state index in [9.17, 15) is 4.79 Å². The Morgan fingerprint density at radius 2 is 2.14 bits per heavy atom. The maximum Gasteiger partial charge on any atom is 0.253 e. The highest BCUT2D eigenvalue weighted by atomic mass is 16.2. The standard InChI is InChI=1S/C12H15NO/c1-8-4-5-10-11(6-8)9(2)7-13(3)12(10)14/h4-6,9H,7H2,1-3H3. The second kappa shape index (κ2) is 3.12. The highest BCUT2D eigenvalue weighted by molar-refractivity contribution is 5.97. The molecule has 74 valence electrons. The van der Waals surface area contributed by atoms with E-state index in [-0.39, 0.29) is 5.91 Å². The zero-order valence-corrected chi connectivity index (χ0v) is 8.87. The van der Waals surface area contributed by atoms with E-state index in [4.69, 9.17) is 0 Å². The van der Waals surface area contributed by atoms with E-state index >= 15 is 0 Å². The SMILES string of the molecule is Cc1ccc2c(c1)C(C)CN(C)C2=O. The third-order valence-electron chi connectivity index (χ3n) is 2.86. The molecule has 14 heavy (non-hydrogen) atoms. The van der Waals surface area contributed by atoms with E-state index < -0.39 is 0 Å². The summed E-state index contributed by atoms with van der Waals surface area (Å²) >= 11 is 0. The van der Waals surface area contributed by atoms with Gasteiger partial charge in [0.2, 0.25) is 0 Å². The van der Waals surface area contributed by atoms with E-state index in [1.807, 2.05) is 19.2 Å². The van der Waals surface area contributed by atoms with Crippen LogP contribution in [0.1, 0.15) is 34.3 Å². The molecule has 1 aromatic carbocycles. The second-order valence-electron chi connectivity index (χ2n) is 4.18. The monoisotopic (exact) mass is 189 g/mol. The Labute approximate surface area is 84.5 Å². The molecular formula is C12H15NO. The molecule has 1 aliphatic heterocycles. The van der Waals surface area contributed by atoms with Crippen molar-refractivity contribution in [2.75, 3.05) is 13.6 Å². The van der Waals surface area contributed by atoms with Crippen LogP contribution in [0.2, 0.25) is 0 Å².